The second-order valence-corrected chi connectivity index (χ2v) is 8.72. The fourth-order valence-electron chi connectivity index (χ4n) is 4.26. The van der Waals surface area contributed by atoms with Crippen LogP contribution in [0.5, 0.6) is 0 Å². The molecule has 6 heteroatoms. The molecule has 0 atom stereocenters. The number of pyridine rings is 1. The van der Waals surface area contributed by atoms with E-state index in [1.165, 1.54) is 6.92 Å². The third kappa shape index (κ3) is 4.98. The maximum absolute atomic E-state index is 13.1. The second kappa shape index (κ2) is 9.10. The van der Waals surface area contributed by atoms with Gasteiger partial charge in [-0.3, -0.25) is 9.59 Å². The molecule has 0 unspecified atom stereocenters. The standard InChI is InChI=1S/C26H29N3O3/c1-19(30)27-22-10-6-9-21(15-22)24-17-29(18-26(32)11-13-28(2)14-12-26)25(31)16-23(24)20-7-4-3-5-8-20/h3-10,15-17,32H,11-14,18H2,1-2H3,(H,27,30). The Kier molecular flexibility index (Phi) is 6.26. The van der Waals surface area contributed by atoms with Gasteiger partial charge in [-0.15, -0.1) is 0 Å². The summed E-state index contributed by atoms with van der Waals surface area (Å²) in [5, 5.41) is 13.9. The van der Waals surface area contributed by atoms with E-state index >= 15 is 0 Å². The number of hydrogen-bond acceptors (Lipinski definition) is 4. The summed E-state index contributed by atoms with van der Waals surface area (Å²) in [7, 11) is 2.04. The van der Waals surface area contributed by atoms with E-state index in [0.717, 1.165) is 35.3 Å². The fourth-order valence-corrected chi connectivity index (χ4v) is 4.26. The molecule has 0 spiro atoms. The van der Waals surface area contributed by atoms with Crippen molar-refractivity contribution in [1.82, 2.24) is 9.47 Å². The SMILES string of the molecule is CC(=O)Nc1cccc(-c2cn(CC3(O)CCN(C)CC3)c(=O)cc2-c2ccccc2)c1. The van der Waals surface area contributed by atoms with Crippen molar-refractivity contribution < 1.29 is 9.90 Å². The summed E-state index contributed by atoms with van der Waals surface area (Å²) >= 11 is 0. The van der Waals surface area contributed by atoms with Crippen LogP contribution >= 0.6 is 0 Å². The average molecular weight is 432 g/mol. The number of piperidine rings is 1. The highest BCUT2D eigenvalue weighted by molar-refractivity contribution is 5.90. The van der Waals surface area contributed by atoms with Crippen LogP contribution in [0.1, 0.15) is 19.8 Å². The number of amides is 1. The molecule has 1 aliphatic rings. The van der Waals surface area contributed by atoms with Gasteiger partial charge in [-0.1, -0.05) is 42.5 Å². The Bertz CT molecular complexity index is 1160. The van der Waals surface area contributed by atoms with Gasteiger partial charge in [0.05, 0.1) is 12.1 Å². The van der Waals surface area contributed by atoms with Gasteiger partial charge in [0.15, 0.2) is 0 Å². The van der Waals surface area contributed by atoms with Crippen molar-refractivity contribution in [2.45, 2.75) is 31.9 Å². The highest BCUT2D eigenvalue weighted by Gasteiger charge is 2.32. The predicted octanol–water partition coefficient (Wildman–Crippen LogP) is 3.60. The fraction of sp³-hybridized carbons (Fsp3) is 0.308. The highest BCUT2D eigenvalue weighted by Crippen LogP contribution is 2.33. The first-order valence-electron chi connectivity index (χ1n) is 10.9. The number of rotatable bonds is 5. The van der Waals surface area contributed by atoms with Crippen molar-refractivity contribution in [1.29, 1.82) is 0 Å². The summed E-state index contributed by atoms with van der Waals surface area (Å²) in [5.41, 5.74) is 3.18. The monoisotopic (exact) mass is 431 g/mol. The molecule has 0 saturated carbocycles. The van der Waals surface area contributed by atoms with E-state index in [2.05, 4.69) is 10.2 Å². The average Bonchev–Trinajstić information content (AvgIpc) is 2.77. The predicted molar refractivity (Wildman–Crippen MR) is 128 cm³/mol. The Morgan fingerprint density at radius 1 is 1.00 bits per heavy atom. The minimum atomic E-state index is -0.903. The van der Waals surface area contributed by atoms with Gasteiger partial charge in [-0.05, 0) is 48.7 Å². The van der Waals surface area contributed by atoms with Crippen LogP contribution < -0.4 is 10.9 Å². The van der Waals surface area contributed by atoms with Crippen molar-refractivity contribution in [3.8, 4) is 22.3 Å². The van der Waals surface area contributed by atoms with Gasteiger partial charge in [0.25, 0.3) is 5.56 Å². The lowest BCUT2D eigenvalue weighted by Gasteiger charge is -2.37. The molecule has 1 amide bonds. The minimum Gasteiger partial charge on any atom is -0.388 e. The molecule has 166 valence electrons. The van der Waals surface area contributed by atoms with Crippen LogP contribution in [0.15, 0.2) is 71.7 Å². The first kappa shape index (κ1) is 22.0. The third-order valence-electron chi connectivity index (χ3n) is 6.09. The molecule has 0 radical (unpaired) electrons. The summed E-state index contributed by atoms with van der Waals surface area (Å²) in [4.78, 5) is 26.8. The first-order valence-corrected chi connectivity index (χ1v) is 10.9. The summed E-state index contributed by atoms with van der Waals surface area (Å²) in [6, 6.07) is 19.0. The Hall–Kier alpha value is -3.22. The number of carbonyl (C=O) groups excluding carboxylic acids is 1. The van der Waals surface area contributed by atoms with Crippen molar-refractivity contribution in [2.24, 2.45) is 0 Å². The van der Waals surface area contributed by atoms with Crippen LogP contribution in [0.3, 0.4) is 0 Å². The molecule has 3 aromatic rings. The van der Waals surface area contributed by atoms with Crippen LogP contribution in [0.4, 0.5) is 5.69 Å². The molecule has 1 saturated heterocycles. The molecule has 1 aromatic heterocycles. The molecular formula is C26H29N3O3. The van der Waals surface area contributed by atoms with Crippen LogP contribution in [0.2, 0.25) is 0 Å². The lowest BCUT2D eigenvalue weighted by Crippen LogP contribution is -2.46. The first-order chi connectivity index (χ1) is 15.3. The van der Waals surface area contributed by atoms with Gasteiger partial charge in [0, 0.05) is 43.5 Å². The molecule has 1 fully saturated rings. The van der Waals surface area contributed by atoms with Gasteiger partial charge < -0.3 is 19.9 Å². The zero-order valence-electron chi connectivity index (χ0n) is 18.5. The van der Waals surface area contributed by atoms with Crippen LogP contribution in [-0.2, 0) is 11.3 Å². The van der Waals surface area contributed by atoms with Gasteiger partial charge >= 0.3 is 0 Å². The summed E-state index contributed by atoms with van der Waals surface area (Å²) in [5.74, 6) is -0.139. The zero-order chi connectivity index (χ0) is 22.7. The summed E-state index contributed by atoms with van der Waals surface area (Å²) in [6.45, 7) is 3.34. The van der Waals surface area contributed by atoms with E-state index in [4.69, 9.17) is 0 Å². The van der Waals surface area contributed by atoms with E-state index in [-0.39, 0.29) is 18.0 Å². The molecule has 6 nitrogen and oxygen atoms in total. The Morgan fingerprint density at radius 3 is 2.38 bits per heavy atom. The molecule has 2 N–H and O–H groups in total. The van der Waals surface area contributed by atoms with Gasteiger partial charge in [-0.25, -0.2) is 0 Å². The number of likely N-dealkylation sites (tertiary alicyclic amines) is 1. The maximum atomic E-state index is 13.1. The van der Waals surface area contributed by atoms with Gasteiger partial charge in [0.1, 0.15) is 0 Å². The highest BCUT2D eigenvalue weighted by atomic mass is 16.3. The molecule has 2 aromatic carbocycles. The smallest absolute Gasteiger partial charge is 0.251 e. The van der Waals surface area contributed by atoms with E-state index in [0.29, 0.717) is 18.5 Å². The molecule has 32 heavy (non-hydrogen) atoms. The second-order valence-electron chi connectivity index (χ2n) is 8.72. The number of carbonyl (C=O) groups is 1. The lowest BCUT2D eigenvalue weighted by molar-refractivity contribution is -0.114. The Labute approximate surface area is 188 Å². The molecule has 2 heterocycles. The largest absolute Gasteiger partial charge is 0.388 e. The Morgan fingerprint density at radius 2 is 1.69 bits per heavy atom. The van der Waals surface area contributed by atoms with E-state index in [1.807, 2.05) is 67.8 Å². The molecule has 4 rings (SSSR count). The van der Waals surface area contributed by atoms with Gasteiger partial charge in [0.2, 0.25) is 5.91 Å². The van der Waals surface area contributed by atoms with Crippen molar-refractivity contribution >= 4 is 11.6 Å². The molecule has 0 aliphatic carbocycles. The topological polar surface area (TPSA) is 74.6 Å². The van der Waals surface area contributed by atoms with Gasteiger partial charge in [-0.2, -0.15) is 0 Å². The number of nitrogens with zero attached hydrogens (tertiary/aromatic N) is 2. The number of aliphatic hydroxyl groups is 1. The Balaban J connectivity index is 1.80. The van der Waals surface area contributed by atoms with Crippen LogP contribution in [0.25, 0.3) is 22.3 Å². The molecular weight excluding hydrogens is 402 g/mol. The number of anilines is 1. The van der Waals surface area contributed by atoms with Crippen molar-refractivity contribution in [3.05, 3.63) is 77.2 Å². The van der Waals surface area contributed by atoms with E-state index in [1.54, 1.807) is 10.6 Å². The molecule has 0 bridgehead atoms. The van der Waals surface area contributed by atoms with Crippen molar-refractivity contribution in [3.63, 3.8) is 0 Å². The lowest BCUT2D eigenvalue weighted by atomic mass is 9.91. The maximum Gasteiger partial charge on any atom is 0.251 e. The quantitative estimate of drug-likeness (QED) is 0.647. The molecule has 1 aliphatic heterocycles. The minimum absolute atomic E-state index is 0.139. The van der Waals surface area contributed by atoms with Crippen LogP contribution in [0, 0.1) is 0 Å². The zero-order valence-corrected chi connectivity index (χ0v) is 18.5. The van der Waals surface area contributed by atoms with Crippen LogP contribution in [-0.4, -0.2) is 46.2 Å². The number of nitrogens with one attached hydrogen (secondary N) is 1. The number of hydrogen-bond donors (Lipinski definition) is 2. The van der Waals surface area contributed by atoms with Crippen molar-refractivity contribution in [2.75, 3.05) is 25.5 Å². The number of benzene rings is 2. The van der Waals surface area contributed by atoms with E-state index in [9.17, 15) is 14.7 Å². The third-order valence-corrected chi connectivity index (χ3v) is 6.09. The summed E-state index contributed by atoms with van der Waals surface area (Å²) in [6.07, 6.45) is 3.10. The normalized spacial score (nSPS) is 16.0. The van der Waals surface area contributed by atoms with E-state index < -0.39 is 5.60 Å². The number of aromatic nitrogens is 1. The summed E-state index contributed by atoms with van der Waals surface area (Å²) < 4.78 is 1.62.